The van der Waals surface area contributed by atoms with Crippen LogP contribution in [0.4, 0.5) is 20.3 Å². The molecule has 4 aromatic rings. The fourth-order valence-corrected chi connectivity index (χ4v) is 4.21. The SMILES string of the molecule is Cc1cc2cc(-c3nc(-c4ccc(N5CCNCC5)cc4)c(F)nc3N)cc(F)c2c(=O)[nH]1. The average molecular weight is 448 g/mol. The minimum absolute atomic E-state index is 0.0219. The number of nitrogens with one attached hydrogen (secondary N) is 2. The summed E-state index contributed by atoms with van der Waals surface area (Å²) in [6.45, 7) is 5.33. The fraction of sp³-hybridized carbons (Fsp3) is 0.208. The monoisotopic (exact) mass is 448 g/mol. The third kappa shape index (κ3) is 3.91. The van der Waals surface area contributed by atoms with Crippen LogP contribution >= 0.6 is 0 Å². The Morgan fingerprint density at radius 2 is 1.70 bits per heavy atom. The lowest BCUT2D eigenvalue weighted by Crippen LogP contribution is -2.43. The molecule has 168 valence electrons. The van der Waals surface area contributed by atoms with Crippen LogP contribution in [0.15, 0.2) is 47.3 Å². The Labute approximate surface area is 188 Å². The largest absolute Gasteiger partial charge is 0.382 e. The number of fused-ring (bicyclic) bond motifs is 1. The van der Waals surface area contributed by atoms with E-state index >= 15 is 0 Å². The number of pyridine rings is 1. The molecular weight excluding hydrogens is 426 g/mol. The Kier molecular flexibility index (Phi) is 5.26. The van der Waals surface area contributed by atoms with Crippen molar-refractivity contribution in [1.82, 2.24) is 20.3 Å². The number of aromatic amines is 1. The van der Waals surface area contributed by atoms with Gasteiger partial charge in [-0.1, -0.05) is 12.1 Å². The van der Waals surface area contributed by atoms with Crippen molar-refractivity contribution in [2.24, 2.45) is 0 Å². The first-order chi connectivity index (χ1) is 15.9. The summed E-state index contributed by atoms with van der Waals surface area (Å²) in [5.41, 5.74) is 8.10. The number of nitrogens with two attached hydrogens (primary N) is 1. The fourth-order valence-electron chi connectivity index (χ4n) is 4.21. The Balaban J connectivity index is 1.58. The molecular formula is C24H22F2N6O. The number of nitrogen functional groups attached to an aromatic ring is 1. The molecule has 0 amide bonds. The lowest BCUT2D eigenvalue weighted by Gasteiger charge is -2.29. The highest BCUT2D eigenvalue weighted by Gasteiger charge is 2.18. The molecule has 0 spiro atoms. The van der Waals surface area contributed by atoms with Crippen LogP contribution in [0.25, 0.3) is 33.3 Å². The quantitative estimate of drug-likeness (QED) is 0.445. The van der Waals surface area contributed by atoms with Gasteiger partial charge in [0.25, 0.3) is 5.56 Å². The third-order valence-corrected chi connectivity index (χ3v) is 5.81. The van der Waals surface area contributed by atoms with Crippen molar-refractivity contribution in [3.05, 3.63) is 70.3 Å². The lowest BCUT2D eigenvalue weighted by atomic mass is 10.0. The molecule has 7 nitrogen and oxygen atoms in total. The normalized spacial score (nSPS) is 14.1. The maximum absolute atomic E-state index is 14.8. The highest BCUT2D eigenvalue weighted by atomic mass is 19.1. The van der Waals surface area contributed by atoms with Crippen LogP contribution < -0.4 is 21.5 Å². The third-order valence-electron chi connectivity index (χ3n) is 5.81. The van der Waals surface area contributed by atoms with Gasteiger partial charge >= 0.3 is 0 Å². The number of hydrogen-bond donors (Lipinski definition) is 3. The Hall–Kier alpha value is -3.85. The minimum Gasteiger partial charge on any atom is -0.382 e. The van der Waals surface area contributed by atoms with Gasteiger partial charge in [-0.05, 0) is 42.6 Å². The molecule has 1 aliphatic heterocycles. The Bertz CT molecular complexity index is 1410. The number of hydrogen-bond acceptors (Lipinski definition) is 6. The van der Waals surface area contributed by atoms with E-state index in [2.05, 4.69) is 25.2 Å². The van der Waals surface area contributed by atoms with Gasteiger partial charge in [0.15, 0.2) is 5.82 Å². The first-order valence-corrected chi connectivity index (χ1v) is 10.6. The first-order valence-electron chi connectivity index (χ1n) is 10.6. The van der Waals surface area contributed by atoms with Crippen LogP contribution in [-0.4, -0.2) is 41.1 Å². The zero-order valence-corrected chi connectivity index (χ0v) is 18.0. The van der Waals surface area contributed by atoms with Crippen LogP contribution in [0.5, 0.6) is 0 Å². The molecule has 2 aromatic heterocycles. The number of piperazine rings is 1. The van der Waals surface area contributed by atoms with E-state index < -0.39 is 17.3 Å². The van der Waals surface area contributed by atoms with Gasteiger partial charge in [-0.3, -0.25) is 4.79 Å². The number of rotatable bonds is 3. The molecule has 9 heteroatoms. The van der Waals surface area contributed by atoms with Crippen molar-refractivity contribution in [2.45, 2.75) is 6.92 Å². The predicted octanol–water partition coefficient (Wildman–Crippen LogP) is 3.23. The smallest absolute Gasteiger partial charge is 0.258 e. The molecule has 33 heavy (non-hydrogen) atoms. The van der Waals surface area contributed by atoms with E-state index in [1.807, 2.05) is 12.1 Å². The number of aromatic nitrogens is 3. The second-order valence-electron chi connectivity index (χ2n) is 8.08. The lowest BCUT2D eigenvalue weighted by molar-refractivity contribution is 0.584. The maximum atomic E-state index is 14.8. The van der Waals surface area contributed by atoms with Gasteiger partial charge in [0, 0.05) is 48.7 Å². The number of H-pyrrole nitrogens is 1. The summed E-state index contributed by atoms with van der Waals surface area (Å²) >= 11 is 0. The number of halogens is 2. The molecule has 1 saturated heterocycles. The summed E-state index contributed by atoms with van der Waals surface area (Å²) in [5.74, 6) is -1.68. The molecule has 3 heterocycles. The van der Waals surface area contributed by atoms with E-state index in [0.717, 1.165) is 31.9 Å². The zero-order chi connectivity index (χ0) is 23.1. The summed E-state index contributed by atoms with van der Waals surface area (Å²) in [4.78, 5) is 25.2. The van der Waals surface area contributed by atoms with Crippen LogP contribution in [-0.2, 0) is 0 Å². The molecule has 4 N–H and O–H groups in total. The highest BCUT2D eigenvalue weighted by molar-refractivity contribution is 5.88. The van der Waals surface area contributed by atoms with Gasteiger partial charge in [-0.15, -0.1) is 0 Å². The molecule has 2 aromatic carbocycles. The first kappa shape index (κ1) is 21.0. The Morgan fingerprint density at radius 3 is 2.42 bits per heavy atom. The molecule has 0 bridgehead atoms. The number of aryl methyl sites for hydroxylation is 1. The van der Waals surface area contributed by atoms with Crippen molar-refractivity contribution in [3.63, 3.8) is 0 Å². The summed E-state index contributed by atoms with van der Waals surface area (Å²) in [7, 11) is 0. The number of nitrogens with zero attached hydrogens (tertiary/aromatic N) is 3. The summed E-state index contributed by atoms with van der Waals surface area (Å²) in [6.07, 6.45) is 0. The molecule has 5 rings (SSSR count). The summed E-state index contributed by atoms with van der Waals surface area (Å²) < 4.78 is 29.5. The van der Waals surface area contributed by atoms with E-state index in [0.29, 0.717) is 22.2 Å². The van der Waals surface area contributed by atoms with E-state index in [1.54, 1.807) is 31.2 Å². The van der Waals surface area contributed by atoms with Crippen LogP contribution in [0.2, 0.25) is 0 Å². The van der Waals surface area contributed by atoms with Crippen molar-refractivity contribution >= 4 is 22.3 Å². The number of benzene rings is 2. The molecule has 0 aliphatic carbocycles. The van der Waals surface area contributed by atoms with Crippen LogP contribution in [0.1, 0.15) is 5.69 Å². The molecule has 0 atom stereocenters. The summed E-state index contributed by atoms with van der Waals surface area (Å²) in [5, 5.41) is 3.66. The maximum Gasteiger partial charge on any atom is 0.258 e. The summed E-state index contributed by atoms with van der Waals surface area (Å²) in [6, 6.07) is 11.8. The average Bonchev–Trinajstić information content (AvgIpc) is 2.79. The minimum atomic E-state index is -0.806. The van der Waals surface area contributed by atoms with E-state index in [1.165, 1.54) is 6.07 Å². The van der Waals surface area contributed by atoms with E-state index in [9.17, 15) is 13.6 Å². The second kappa shape index (κ2) is 8.25. The second-order valence-corrected chi connectivity index (χ2v) is 8.08. The Morgan fingerprint density at radius 1 is 0.970 bits per heavy atom. The standard InChI is InChI=1S/C24H22F2N6O/c1-13-10-15-11-16(12-18(25)19(15)24(33)29-13)21-23(27)31-22(26)20(30-21)14-2-4-17(5-3-14)32-8-6-28-7-9-32/h2-5,10-12,28H,6-9H2,1H3,(H2,27,31)(H,29,33). The van der Waals surface area contributed by atoms with Crippen molar-refractivity contribution in [3.8, 4) is 22.5 Å². The predicted molar refractivity (Wildman–Crippen MR) is 125 cm³/mol. The van der Waals surface area contributed by atoms with Gasteiger partial charge in [0.2, 0.25) is 5.95 Å². The van der Waals surface area contributed by atoms with E-state index in [-0.39, 0.29) is 22.6 Å². The van der Waals surface area contributed by atoms with Gasteiger partial charge in [0.1, 0.15) is 17.2 Å². The van der Waals surface area contributed by atoms with Gasteiger partial charge in [0.05, 0.1) is 5.39 Å². The van der Waals surface area contributed by atoms with Gasteiger partial charge in [-0.2, -0.15) is 9.37 Å². The van der Waals surface area contributed by atoms with E-state index in [4.69, 9.17) is 5.73 Å². The highest BCUT2D eigenvalue weighted by Crippen LogP contribution is 2.31. The molecule has 1 aliphatic rings. The topological polar surface area (TPSA) is 99.9 Å². The van der Waals surface area contributed by atoms with Gasteiger partial charge < -0.3 is 20.9 Å². The zero-order valence-electron chi connectivity index (χ0n) is 18.0. The molecule has 0 unspecified atom stereocenters. The molecule has 0 radical (unpaired) electrons. The van der Waals surface area contributed by atoms with Crippen molar-refractivity contribution in [1.29, 1.82) is 0 Å². The van der Waals surface area contributed by atoms with Gasteiger partial charge in [-0.25, -0.2) is 9.37 Å². The molecule has 0 saturated carbocycles. The van der Waals surface area contributed by atoms with Crippen molar-refractivity contribution < 1.29 is 8.78 Å². The number of anilines is 2. The van der Waals surface area contributed by atoms with Crippen LogP contribution in [0.3, 0.4) is 0 Å². The van der Waals surface area contributed by atoms with Crippen molar-refractivity contribution in [2.75, 3.05) is 36.8 Å². The molecule has 1 fully saturated rings. The van der Waals surface area contributed by atoms with Crippen LogP contribution in [0, 0.1) is 18.7 Å².